The standard InChI is InChI=1S/C24H26ClN5O4S/c1-4-30-21(20(14(2)3)27-22(32)17-7-5-6-8-18(17)25)28-29-24(30)35-13-19(31)26-16-11-9-15(10-12-16)23(33)34/h5-12,14,20H,4,13H2,1-3H3,(H,26,31)(H,27,32)(H,33,34)/t20-/m0/s1. The molecular formula is C24H26ClN5O4S. The Labute approximate surface area is 212 Å². The number of hydrogen-bond donors (Lipinski definition) is 3. The minimum atomic E-state index is -1.03. The maximum absolute atomic E-state index is 12.9. The van der Waals surface area contributed by atoms with E-state index in [1.54, 1.807) is 24.3 Å². The minimum Gasteiger partial charge on any atom is -0.478 e. The fourth-order valence-electron chi connectivity index (χ4n) is 3.35. The van der Waals surface area contributed by atoms with Crippen molar-refractivity contribution in [3.8, 4) is 0 Å². The van der Waals surface area contributed by atoms with Crippen LogP contribution >= 0.6 is 23.4 Å². The fourth-order valence-corrected chi connectivity index (χ4v) is 4.38. The second kappa shape index (κ2) is 11.9. The number of carbonyl (C=O) groups is 3. The number of carboxylic acids is 1. The Morgan fingerprint density at radius 1 is 1.09 bits per heavy atom. The number of amides is 2. The summed E-state index contributed by atoms with van der Waals surface area (Å²) in [4.78, 5) is 36.2. The smallest absolute Gasteiger partial charge is 0.335 e. The van der Waals surface area contributed by atoms with Gasteiger partial charge in [-0.2, -0.15) is 0 Å². The van der Waals surface area contributed by atoms with Crippen LogP contribution in [0.2, 0.25) is 5.02 Å². The van der Waals surface area contributed by atoms with Crippen LogP contribution in [-0.2, 0) is 11.3 Å². The van der Waals surface area contributed by atoms with Crippen LogP contribution < -0.4 is 10.6 Å². The van der Waals surface area contributed by atoms with Gasteiger partial charge in [-0.15, -0.1) is 10.2 Å². The Bertz CT molecular complexity index is 1210. The maximum Gasteiger partial charge on any atom is 0.335 e. The van der Waals surface area contributed by atoms with Gasteiger partial charge in [0.05, 0.1) is 27.9 Å². The summed E-state index contributed by atoms with van der Waals surface area (Å²) in [7, 11) is 0. The number of thioether (sulfide) groups is 1. The number of aromatic nitrogens is 3. The van der Waals surface area contributed by atoms with Gasteiger partial charge in [-0.05, 0) is 49.2 Å². The van der Waals surface area contributed by atoms with Crippen LogP contribution in [0, 0.1) is 5.92 Å². The second-order valence-electron chi connectivity index (χ2n) is 7.98. The minimum absolute atomic E-state index is 0.0193. The predicted molar refractivity (Wildman–Crippen MR) is 135 cm³/mol. The van der Waals surface area contributed by atoms with E-state index in [4.69, 9.17) is 16.7 Å². The molecule has 0 aliphatic rings. The summed E-state index contributed by atoms with van der Waals surface area (Å²) in [5, 5.41) is 24.2. The lowest BCUT2D eigenvalue weighted by atomic mass is 10.0. The molecule has 0 aliphatic heterocycles. The third-order valence-corrected chi connectivity index (χ3v) is 6.46. The third kappa shape index (κ3) is 6.61. The molecule has 0 bridgehead atoms. The van der Waals surface area contributed by atoms with Crippen molar-refractivity contribution in [1.29, 1.82) is 0 Å². The zero-order valence-electron chi connectivity index (χ0n) is 19.5. The highest BCUT2D eigenvalue weighted by atomic mass is 35.5. The first-order valence-electron chi connectivity index (χ1n) is 11.0. The average Bonchev–Trinajstić information content (AvgIpc) is 3.24. The van der Waals surface area contributed by atoms with Crippen molar-refractivity contribution in [2.24, 2.45) is 5.92 Å². The SMILES string of the molecule is CCn1c(SCC(=O)Nc2ccc(C(=O)O)cc2)nnc1[C@@H](NC(=O)c1ccccc1Cl)C(C)C. The molecule has 0 saturated heterocycles. The first-order valence-corrected chi connectivity index (χ1v) is 12.3. The van der Waals surface area contributed by atoms with Gasteiger partial charge in [0.15, 0.2) is 11.0 Å². The van der Waals surface area contributed by atoms with Crippen molar-refractivity contribution in [1.82, 2.24) is 20.1 Å². The Hall–Kier alpha value is -3.37. The number of carboxylic acid groups (broad SMARTS) is 1. The van der Waals surface area contributed by atoms with E-state index >= 15 is 0 Å². The second-order valence-corrected chi connectivity index (χ2v) is 9.33. The number of hydrogen-bond acceptors (Lipinski definition) is 6. The van der Waals surface area contributed by atoms with Crippen LogP contribution in [-0.4, -0.2) is 43.4 Å². The number of rotatable bonds is 10. The van der Waals surface area contributed by atoms with Crippen molar-refractivity contribution in [3.63, 3.8) is 0 Å². The molecule has 0 aliphatic carbocycles. The van der Waals surface area contributed by atoms with E-state index in [2.05, 4.69) is 20.8 Å². The van der Waals surface area contributed by atoms with Gasteiger partial charge in [0, 0.05) is 12.2 Å². The number of nitrogens with one attached hydrogen (secondary N) is 2. The highest BCUT2D eigenvalue weighted by Crippen LogP contribution is 2.26. The maximum atomic E-state index is 12.9. The van der Waals surface area contributed by atoms with Crippen molar-refractivity contribution in [2.75, 3.05) is 11.1 Å². The number of benzene rings is 2. The lowest BCUT2D eigenvalue weighted by Gasteiger charge is -2.22. The summed E-state index contributed by atoms with van der Waals surface area (Å²) >= 11 is 7.40. The Kier molecular flexibility index (Phi) is 8.89. The van der Waals surface area contributed by atoms with E-state index in [1.165, 1.54) is 36.0 Å². The number of carbonyl (C=O) groups excluding carboxylic acids is 2. The van der Waals surface area contributed by atoms with Crippen LogP contribution in [0.3, 0.4) is 0 Å². The molecule has 0 unspecified atom stereocenters. The van der Waals surface area contributed by atoms with E-state index in [9.17, 15) is 14.4 Å². The van der Waals surface area contributed by atoms with Crippen LogP contribution in [0.4, 0.5) is 5.69 Å². The van der Waals surface area contributed by atoms with Gasteiger partial charge in [-0.3, -0.25) is 9.59 Å². The van der Waals surface area contributed by atoms with Gasteiger partial charge >= 0.3 is 5.97 Å². The molecule has 3 rings (SSSR count). The van der Waals surface area contributed by atoms with Crippen molar-refractivity contribution in [2.45, 2.75) is 38.5 Å². The van der Waals surface area contributed by atoms with E-state index in [-0.39, 0.29) is 29.0 Å². The molecule has 3 aromatic rings. The number of nitrogens with zero attached hydrogens (tertiary/aromatic N) is 3. The fraction of sp³-hybridized carbons (Fsp3) is 0.292. The molecule has 9 nitrogen and oxygen atoms in total. The van der Waals surface area contributed by atoms with Gasteiger partial charge in [0.25, 0.3) is 5.91 Å². The lowest BCUT2D eigenvalue weighted by molar-refractivity contribution is -0.113. The molecule has 0 fully saturated rings. The normalized spacial score (nSPS) is 11.8. The molecule has 2 amide bonds. The van der Waals surface area contributed by atoms with Crippen LogP contribution in [0.1, 0.15) is 53.4 Å². The topological polar surface area (TPSA) is 126 Å². The summed E-state index contributed by atoms with van der Waals surface area (Å²) < 4.78 is 1.87. The van der Waals surface area contributed by atoms with Crippen molar-refractivity contribution in [3.05, 3.63) is 70.5 Å². The summed E-state index contributed by atoms with van der Waals surface area (Å²) in [5.41, 5.74) is 1.02. The highest BCUT2D eigenvalue weighted by molar-refractivity contribution is 7.99. The molecule has 35 heavy (non-hydrogen) atoms. The number of halogens is 1. The van der Waals surface area contributed by atoms with E-state index < -0.39 is 12.0 Å². The number of anilines is 1. The molecule has 11 heteroatoms. The molecule has 3 N–H and O–H groups in total. The summed E-state index contributed by atoms with van der Waals surface area (Å²) in [6, 6.07) is 12.3. The third-order valence-electron chi connectivity index (χ3n) is 5.16. The van der Waals surface area contributed by atoms with Gasteiger partial charge < -0.3 is 20.3 Å². The summed E-state index contributed by atoms with van der Waals surface area (Å²) in [5.74, 6) is -0.908. The molecule has 1 aromatic heterocycles. The molecule has 184 valence electrons. The van der Waals surface area contributed by atoms with Crippen LogP contribution in [0.5, 0.6) is 0 Å². The molecule has 0 radical (unpaired) electrons. The summed E-state index contributed by atoms with van der Waals surface area (Å²) in [6.45, 7) is 6.44. The van der Waals surface area contributed by atoms with Crippen LogP contribution in [0.15, 0.2) is 53.7 Å². The summed E-state index contributed by atoms with van der Waals surface area (Å²) in [6.07, 6.45) is 0. The molecular weight excluding hydrogens is 490 g/mol. The van der Waals surface area contributed by atoms with Crippen molar-refractivity contribution >= 4 is 46.8 Å². The van der Waals surface area contributed by atoms with Gasteiger partial charge in [-0.25, -0.2) is 4.79 Å². The number of aromatic carboxylic acids is 1. The molecule has 0 spiro atoms. The largest absolute Gasteiger partial charge is 0.478 e. The molecule has 1 heterocycles. The Morgan fingerprint density at radius 3 is 2.37 bits per heavy atom. The first-order chi connectivity index (χ1) is 16.7. The predicted octanol–water partition coefficient (Wildman–Crippen LogP) is 4.51. The monoisotopic (exact) mass is 515 g/mol. The zero-order valence-corrected chi connectivity index (χ0v) is 21.1. The molecule has 0 saturated carbocycles. The van der Waals surface area contributed by atoms with Crippen molar-refractivity contribution < 1.29 is 19.5 Å². The van der Waals surface area contributed by atoms with Gasteiger partial charge in [0.2, 0.25) is 5.91 Å². The lowest BCUT2D eigenvalue weighted by Crippen LogP contribution is -2.34. The zero-order chi connectivity index (χ0) is 25.5. The van der Waals surface area contributed by atoms with Crippen LogP contribution in [0.25, 0.3) is 0 Å². The van der Waals surface area contributed by atoms with Gasteiger partial charge in [-0.1, -0.05) is 49.3 Å². The molecule has 1 atom stereocenters. The van der Waals surface area contributed by atoms with E-state index in [0.717, 1.165) is 0 Å². The van der Waals surface area contributed by atoms with E-state index in [1.807, 2.05) is 25.3 Å². The van der Waals surface area contributed by atoms with E-state index in [0.29, 0.717) is 33.8 Å². The van der Waals surface area contributed by atoms with Gasteiger partial charge in [0.1, 0.15) is 0 Å². The molecule has 2 aromatic carbocycles. The Balaban J connectivity index is 1.69. The Morgan fingerprint density at radius 2 is 1.77 bits per heavy atom. The average molecular weight is 516 g/mol. The quantitative estimate of drug-likeness (QED) is 0.339. The first kappa shape index (κ1) is 26.2. The highest BCUT2D eigenvalue weighted by Gasteiger charge is 2.26.